The number of carbonyl (C=O) groups is 1. The number of hydrogen-bond acceptors (Lipinski definition) is 3. The van der Waals surface area contributed by atoms with Gasteiger partial charge in [-0.15, -0.1) is 0 Å². The fraction of sp³-hybridized carbons (Fsp3) is 0.500. The predicted molar refractivity (Wildman–Crippen MR) is 69.2 cm³/mol. The van der Waals surface area contributed by atoms with Gasteiger partial charge in [-0.1, -0.05) is 0 Å². The maximum Gasteiger partial charge on any atom is 0.335 e. The number of carboxylic acid groups (broad SMARTS) is 1. The van der Waals surface area contributed by atoms with Gasteiger partial charge in [-0.3, -0.25) is 0 Å². The van der Waals surface area contributed by atoms with Gasteiger partial charge in [0.15, 0.2) is 0 Å². The van der Waals surface area contributed by atoms with E-state index in [1.807, 2.05) is 0 Å². The molecular formula is C14H19NO3. The summed E-state index contributed by atoms with van der Waals surface area (Å²) < 4.78 is 6.01. The highest BCUT2D eigenvalue weighted by molar-refractivity contribution is 5.87. The summed E-state index contributed by atoms with van der Waals surface area (Å²) >= 11 is 0. The third-order valence-electron chi connectivity index (χ3n) is 3.51. The molecule has 2 rings (SSSR count). The van der Waals surface area contributed by atoms with Crippen LogP contribution in [0.1, 0.15) is 30.1 Å². The topological polar surface area (TPSA) is 49.8 Å². The molecule has 1 saturated heterocycles. The molecule has 98 valence electrons. The Bertz CT molecular complexity index is 419. The minimum Gasteiger partial charge on any atom is -0.487 e. The second kappa shape index (κ2) is 4.98. The van der Waals surface area contributed by atoms with E-state index >= 15 is 0 Å². The Kier molecular flexibility index (Phi) is 3.57. The molecule has 1 heterocycles. The zero-order valence-electron chi connectivity index (χ0n) is 10.8. The molecule has 4 heteroatoms. The first-order valence-corrected chi connectivity index (χ1v) is 6.19. The molecule has 0 bridgehead atoms. The van der Waals surface area contributed by atoms with Crippen LogP contribution in [0, 0.1) is 0 Å². The van der Waals surface area contributed by atoms with Gasteiger partial charge in [-0.05, 0) is 51.1 Å². The summed E-state index contributed by atoms with van der Waals surface area (Å²) in [4.78, 5) is 13.0. The zero-order valence-corrected chi connectivity index (χ0v) is 10.8. The minimum absolute atomic E-state index is 0.142. The quantitative estimate of drug-likeness (QED) is 0.892. The molecule has 1 aromatic rings. The maximum absolute atomic E-state index is 10.8. The van der Waals surface area contributed by atoms with E-state index in [2.05, 4.69) is 18.9 Å². The molecule has 0 aromatic heterocycles. The van der Waals surface area contributed by atoms with Crippen molar-refractivity contribution in [2.45, 2.75) is 25.4 Å². The first-order chi connectivity index (χ1) is 8.48. The van der Waals surface area contributed by atoms with Gasteiger partial charge in [0.25, 0.3) is 0 Å². The SMILES string of the molecule is CN1CCC(C)(Oc2ccc(C(=O)O)cc2)CC1. The molecule has 1 aliphatic heterocycles. The van der Waals surface area contributed by atoms with E-state index in [1.165, 1.54) is 0 Å². The van der Waals surface area contributed by atoms with Gasteiger partial charge in [0, 0.05) is 13.1 Å². The van der Waals surface area contributed by atoms with Crippen LogP contribution in [0.2, 0.25) is 0 Å². The van der Waals surface area contributed by atoms with Crippen LogP contribution in [0.5, 0.6) is 5.75 Å². The van der Waals surface area contributed by atoms with Crippen molar-refractivity contribution in [1.29, 1.82) is 0 Å². The molecule has 1 fully saturated rings. The minimum atomic E-state index is -0.910. The van der Waals surface area contributed by atoms with E-state index < -0.39 is 5.97 Å². The Morgan fingerprint density at radius 2 is 1.83 bits per heavy atom. The molecule has 1 aromatic carbocycles. The van der Waals surface area contributed by atoms with Crippen molar-refractivity contribution in [2.75, 3.05) is 20.1 Å². The molecular weight excluding hydrogens is 230 g/mol. The van der Waals surface area contributed by atoms with Crippen LogP contribution in [-0.4, -0.2) is 41.7 Å². The fourth-order valence-electron chi connectivity index (χ4n) is 2.14. The number of hydrogen-bond donors (Lipinski definition) is 1. The summed E-state index contributed by atoms with van der Waals surface area (Å²) in [7, 11) is 2.11. The number of likely N-dealkylation sites (tertiary alicyclic amines) is 1. The van der Waals surface area contributed by atoms with Crippen LogP contribution in [-0.2, 0) is 0 Å². The number of ether oxygens (including phenoxy) is 1. The number of piperidine rings is 1. The second-order valence-electron chi connectivity index (χ2n) is 5.18. The number of aromatic carboxylic acids is 1. The fourth-order valence-corrected chi connectivity index (χ4v) is 2.14. The van der Waals surface area contributed by atoms with Gasteiger partial charge in [-0.2, -0.15) is 0 Å². The number of rotatable bonds is 3. The Labute approximate surface area is 107 Å². The smallest absolute Gasteiger partial charge is 0.335 e. The predicted octanol–water partition coefficient (Wildman–Crippen LogP) is 2.25. The first kappa shape index (κ1) is 12.9. The number of carboxylic acids is 1. The standard InChI is InChI=1S/C14H19NO3/c1-14(7-9-15(2)10-8-14)18-12-5-3-11(4-6-12)13(16)17/h3-6H,7-10H2,1-2H3,(H,16,17). The van der Waals surface area contributed by atoms with Crippen molar-refractivity contribution in [3.63, 3.8) is 0 Å². The van der Waals surface area contributed by atoms with Gasteiger partial charge in [-0.25, -0.2) is 4.79 Å². The van der Waals surface area contributed by atoms with Crippen LogP contribution in [0.15, 0.2) is 24.3 Å². The normalized spacial score (nSPS) is 19.4. The monoisotopic (exact) mass is 249 g/mol. The van der Waals surface area contributed by atoms with E-state index in [9.17, 15) is 4.79 Å². The van der Waals surface area contributed by atoms with Crippen molar-refractivity contribution in [2.24, 2.45) is 0 Å². The first-order valence-electron chi connectivity index (χ1n) is 6.19. The average Bonchev–Trinajstić information content (AvgIpc) is 2.34. The van der Waals surface area contributed by atoms with Gasteiger partial charge < -0.3 is 14.7 Å². The molecule has 0 unspecified atom stereocenters. The molecule has 0 aliphatic carbocycles. The van der Waals surface area contributed by atoms with Crippen LogP contribution in [0.25, 0.3) is 0 Å². The van der Waals surface area contributed by atoms with Crippen molar-refractivity contribution >= 4 is 5.97 Å². The van der Waals surface area contributed by atoms with E-state index in [-0.39, 0.29) is 11.2 Å². The highest BCUT2D eigenvalue weighted by Gasteiger charge is 2.30. The molecule has 0 radical (unpaired) electrons. The molecule has 1 N–H and O–H groups in total. The van der Waals surface area contributed by atoms with Crippen LogP contribution in [0.3, 0.4) is 0 Å². The molecule has 18 heavy (non-hydrogen) atoms. The third kappa shape index (κ3) is 3.01. The molecule has 0 atom stereocenters. The molecule has 0 amide bonds. The molecule has 4 nitrogen and oxygen atoms in total. The Morgan fingerprint density at radius 3 is 2.33 bits per heavy atom. The Morgan fingerprint density at radius 1 is 1.28 bits per heavy atom. The van der Waals surface area contributed by atoms with Gasteiger partial charge in [0.05, 0.1) is 5.56 Å². The van der Waals surface area contributed by atoms with Crippen LogP contribution in [0.4, 0.5) is 0 Å². The summed E-state index contributed by atoms with van der Waals surface area (Å²) in [6.45, 7) is 4.18. The van der Waals surface area contributed by atoms with Crippen molar-refractivity contribution in [3.8, 4) is 5.75 Å². The van der Waals surface area contributed by atoms with Gasteiger partial charge >= 0.3 is 5.97 Å². The van der Waals surface area contributed by atoms with Crippen molar-refractivity contribution < 1.29 is 14.6 Å². The largest absolute Gasteiger partial charge is 0.487 e. The lowest BCUT2D eigenvalue weighted by Crippen LogP contribution is -2.44. The summed E-state index contributed by atoms with van der Waals surface area (Å²) in [5.41, 5.74) is 0.146. The molecule has 0 saturated carbocycles. The summed E-state index contributed by atoms with van der Waals surface area (Å²) in [6.07, 6.45) is 1.98. The zero-order chi connectivity index (χ0) is 13.2. The van der Waals surface area contributed by atoms with E-state index in [4.69, 9.17) is 9.84 Å². The third-order valence-corrected chi connectivity index (χ3v) is 3.51. The highest BCUT2D eigenvalue weighted by Crippen LogP contribution is 2.28. The summed E-state index contributed by atoms with van der Waals surface area (Å²) in [5, 5.41) is 8.83. The van der Waals surface area contributed by atoms with Crippen LogP contribution < -0.4 is 4.74 Å². The number of benzene rings is 1. The lowest BCUT2D eigenvalue weighted by atomic mass is 9.93. The number of nitrogens with zero attached hydrogens (tertiary/aromatic N) is 1. The van der Waals surface area contributed by atoms with E-state index in [0.29, 0.717) is 0 Å². The summed E-state index contributed by atoms with van der Waals surface area (Å²) in [5.74, 6) is -0.167. The van der Waals surface area contributed by atoms with E-state index in [1.54, 1.807) is 24.3 Å². The van der Waals surface area contributed by atoms with Gasteiger partial charge in [0.1, 0.15) is 11.4 Å². The van der Waals surface area contributed by atoms with Crippen molar-refractivity contribution in [3.05, 3.63) is 29.8 Å². The van der Waals surface area contributed by atoms with E-state index in [0.717, 1.165) is 31.7 Å². The summed E-state index contributed by atoms with van der Waals surface area (Å²) in [6, 6.07) is 6.62. The Balaban J connectivity index is 2.02. The van der Waals surface area contributed by atoms with Crippen LogP contribution >= 0.6 is 0 Å². The Hall–Kier alpha value is -1.55. The molecule has 1 aliphatic rings. The molecule has 0 spiro atoms. The lowest BCUT2D eigenvalue weighted by Gasteiger charge is -2.38. The lowest BCUT2D eigenvalue weighted by molar-refractivity contribution is 0.0241. The van der Waals surface area contributed by atoms with Crippen molar-refractivity contribution in [1.82, 2.24) is 4.90 Å². The highest BCUT2D eigenvalue weighted by atomic mass is 16.5. The average molecular weight is 249 g/mol. The van der Waals surface area contributed by atoms with Gasteiger partial charge in [0.2, 0.25) is 0 Å². The maximum atomic E-state index is 10.8. The second-order valence-corrected chi connectivity index (χ2v) is 5.18.